The van der Waals surface area contributed by atoms with E-state index in [2.05, 4.69) is 18.6 Å². The van der Waals surface area contributed by atoms with E-state index < -0.39 is 10.0 Å². The molecule has 14 heavy (non-hydrogen) atoms. The second-order valence-corrected chi connectivity index (χ2v) is 7.06. The van der Waals surface area contributed by atoms with E-state index in [-0.39, 0.29) is 0 Å². The molecule has 1 fully saturated rings. The van der Waals surface area contributed by atoms with Crippen molar-refractivity contribution in [2.24, 2.45) is 11.3 Å². The van der Waals surface area contributed by atoms with Crippen LogP contribution in [-0.4, -0.2) is 21.2 Å². The van der Waals surface area contributed by atoms with Crippen molar-refractivity contribution in [2.45, 2.75) is 39.5 Å². The van der Waals surface area contributed by atoms with E-state index in [1.807, 2.05) is 0 Å². The van der Waals surface area contributed by atoms with Crippen LogP contribution >= 0.6 is 0 Å². The van der Waals surface area contributed by atoms with Crippen molar-refractivity contribution < 1.29 is 8.42 Å². The summed E-state index contributed by atoms with van der Waals surface area (Å²) in [7, 11) is -1.52. The zero-order valence-electron chi connectivity index (χ0n) is 9.34. The first-order valence-electron chi connectivity index (χ1n) is 5.26. The lowest BCUT2D eigenvalue weighted by atomic mass is 9.74. The van der Waals surface area contributed by atoms with Gasteiger partial charge in [0.2, 0.25) is 10.0 Å². The lowest BCUT2D eigenvalue weighted by molar-refractivity contribution is 0.202. The minimum absolute atomic E-state index is 0.305. The summed E-state index contributed by atoms with van der Waals surface area (Å²) in [4.78, 5) is 0. The van der Waals surface area contributed by atoms with Gasteiger partial charge in [-0.1, -0.05) is 13.8 Å². The van der Waals surface area contributed by atoms with E-state index in [1.165, 1.54) is 7.05 Å². The Hall–Kier alpha value is -0.0900. The van der Waals surface area contributed by atoms with Crippen LogP contribution in [0.25, 0.3) is 0 Å². The Balaban J connectivity index is 2.44. The summed E-state index contributed by atoms with van der Waals surface area (Å²) >= 11 is 0. The molecule has 0 aromatic rings. The summed E-state index contributed by atoms with van der Waals surface area (Å²) in [5, 5.41) is 0. The second-order valence-electron chi connectivity index (χ2n) is 5.09. The van der Waals surface area contributed by atoms with Crippen molar-refractivity contribution in [3.05, 3.63) is 0 Å². The molecule has 0 amide bonds. The van der Waals surface area contributed by atoms with Gasteiger partial charge >= 0.3 is 0 Å². The summed E-state index contributed by atoms with van der Waals surface area (Å²) < 4.78 is 25.0. The predicted molar refractivity (Wildman–Crippen MR) is 58.6 cm³/mol. The molecule has 0 bridgehead atoms. The maximum absolute atomic E-state index is 11.3. The monoisotopic (exact) mass is 219 g/mol. The zero-order chi connectivity index (χ0) is 10.8. The van der Waals surface area contributed by atoms with Crippen molar-refractivity contribution in [3.63, 3.8) is 0 Å². The molecule has 0 saturated heterocycles. The minimum Gasteiger partial charge on any atom is -0.218 e. The Morgan fingerprint density at radius 2 is 1.79 bits per heavy atom. The minimum atomic E-state index is -3.01. The molecule has 1 aliphatic rings. The van der Waals surface area contributed by atoms with Crippen LogP contribution in [0, 0.1) is 11.3 Å². The molecule has 0 heterocycles. The van der Waals surface area contributed by atoms with Crippen LogP contribution in [0.1, 0.15) is 39.5 Å². The normalized spacial score (nSPS) is 23.6. The van der Waals surface area contributed by atoms with Gasteiger partial charge in [-0.2, -0.15) is 0 Å². The first-order chi connectivity index (χ1) is 6.35. The number of hydrogen-bond acceptors (Lipinski definition) is 2. The first-order valence-corrected chi connectivity index (χ1v) is 6.91. The van der Waals surface area contributed by atoms with Crippen LogP contribution in [-0.2, 0) is 10.0 Å². The number of nitrogens with one attached hydrogen (secondary N) is 1. The van der Waals surface area contributed by atoms with Crippen LogP contribution < -0.4 is 4.72 Å². The van der Waals surface area contributed by atoms with E-state index in [0.717, 1.165) is 25.7 Å². The fourth-order valence-electron chi connectivity index (χ4n) is 2.02. The Morgan fingerprint density at radius 1 is 1.29 bits per heavy atom. The van der Waals surface area contributed by atoms with E-state index >= 15 is 0 Å². The maximum Gasteiger partial charge on any atom is 0.211 e. The Labute approximate surface area is 87.3 Å². The highest BCUT2D eigenvalue weighted by molar-refractivity contribution is 7.89. The van der Waals surface area contributed by atoms with Gasteiger partial charge in [-0.3, -0.25) is 0 Å². The van der Waals surface area contributed by atoms with Gasteiger partial charge in [-0.15, -0.1) is 0 Å². The molecule has 1 aliphatic carbocycles. The van der Waals surface area contributed by atoms with Gasteiger partial charge in [0.25, 0.3) is 0 Å². The third-order valence-electron chi connectivity index (χ3n) is 3.22. The predicted octanol–water partition coefficient (Wildman–Crippen LogP) is 1.75. The second kappa shape index (κ2) is 4.19. The third-order valence-corrected chi connectivity index (χ3v) is 4.76. The molecule has 1 saturated carbocycles. The largest absolute Gasteiger partial charge is 0.218 e. The highest BCUT2D eigenvalue weighted by Gasteiger charge is 2.28. The van der Waals surface area contributed by atoms with E-state index in [0.29, 0.717) is 17.1 Å². The molecule has 84 valence electrons. The van der Waals surface area contributed by atoms with Crippen LogP contribution in [0.15, 0.2) is 0 Å². The number of rotatable bonds is 3. The Morgan fingerprint density at radius 3 is 2.21 bits per heavy atom. The molecule has 3 nitrogen and oxygen atoms in total. The molecule has 1 rings (SSSR count). The van der Waals surface area contributed by atoms with E-state index in [1.54, 1.807) is 0 Å². The van der Waals surface area contributed by atoms with Crippen molar-refractivity contribution in [3.8, 4) is 0 Å². The zero-order valence-corrected chi connectivity index (χ0v) is 10.2. The topological polar surface area (TPSA) is 46.2 Å². The highest BCUT2D eigenvalue weighted by atomic mass is 32.2. The fraction of sp³-hybridized carbons (Fsp3) is 1.00. The molecule has 4 heteroatoms. The quantitative estimate of drug-likeness (QED) is 0.786. The van der Waals surface area contributed by atoms with Gasteiger partial charge in [0.05, 0.1) is 5.75 Å². The average molecular weight is 219 g/mol. The van der Waals surface area contributed by atoms with Gasteiger partial charge in [0.15, 0.2) is 0 Å². The van der Waals surface area contributed by atoms with Crippen molar-refractivity contribution in [1.82, 2.24) is 4.72 Å². The van der Waals surface area contributed by atoms with E-state index in [4.69, 9.17) is 0 Å². The summed E-state index contributed by atoms with van der Waals surface area (Å²) in [6, 6.07) is 0. The van der Waals surface area contributed by atoms with Crippen LogP contribution in [0.2, 0.25) is 0 Å². The van der Waals surface area contributed by atoms with E-state index in [9.17, 15) is 8.42 Å². The Bertz CT molecular complexity index is 272. The molecule has 0 aliphatic heterocycles. The SMILES string of the molecule is CNS(=O)(=O)CC1CCC(C)(C)CC1. The lowest BCUT2D eigenvalue weighted by Gasteiger charge is -2.34. The molecule has 0 spiro atoms. The smallest absolute Gasteiger partial charge is 0.211 e. The fourth-order valence-corrected chi connectivity index (χ4v) is 3.14. The highest BCUT2D eigenvalue weighted by Crippen LogP contribution is 2.38. The summed E-state index contributed by atoms with van der Waals surface area (Å²) in [5.41, 5.74) is 0.417. The van der Waals surface area contributed by atoms with Crippen molar-refractivity contribution >= 4 is 10.0 Å². The lowest BCUT2D eigenvalue weighted by Crippen LogP contribution is -2.30. The molecule has 0 unspecified atom stereocenters. The van der Waals surface area contributed by atoms with Gasteiger partial charge in [-0.05, 0) is 44.1 Å². The number of sulfonamides is 1. The molecule has 0 aromatic heterocycles. The van der Waals surface area contributed by atoms with Gasteiger partial charge < -0.3 is 0 Å². The Kier molecular flexibility index (Phi) is 3.58. The third kappa shape index (κ3) is 3.58. The molecule has 0 aromatic carbocycles. The molecule has 0 radical (unpaired) electrons. The van der Waals surface area contributed by atoms with Crippen molar-refractivity contribution in [1.29, 1.82) is 0 Å². The van der Waals surface area contributed by atoms with Crippen molar-refractivity contribution in [2.75, 3.05) is 12.8 Å². The average Bonchev–Trinajstić information content (AvgIpc) is 2.09. The molecule has 0 atom stereocenters. The van der Waals surface area contributed by atoms with Gasteiger partial charge in [0.1, 0.15) is 0 Å². The van der Waals surface area contributed by atoms with Gasteiger partial charge in [-0.25, -0.2) is 13.1 Å². The number of hydrogen-bond donors (Lipinski definition) is 1. The van der Waals surface area contributed by atoms with Crippen LogP contribution in [0.4, 0.5) is 0 Å². The summed E-state index contributed by atoms with van der Waals surface area (Å²) in [5.74, 6) is 0.667. The first kappa shape index (κ1) is 12.0. The molecule has 1 N–H and O–H groups in total. The molecular weight excluding hydrogens is 198 g/mol. The molecular formula is C10H21NO2S. The van der Waals surface area contributed by atoms with Crippen LogP contribution in [0.3, 0.4) is 0 Å². The maximum atomic E-state index is 11.3. The standard InChI is InChI=1S/C10H21NO2S/c1-10(2)6-4-9(5-7-10)8-14(12,13)11-3/h9,11H,4-8H2,1-3H3. The van der Waals surface area contributed by atoms with Gasteiger partial charge in [0, 0.05) is 0 Å². The summed E-state index contributed by atoms with van der Waals surface area (Å²) in [6.45, 7) is 4.52. The summed E-state index contributed by atoms with van der Waals surface area (Å²) in [6.07, 6.45) is 4.40. The van der Waals surface area contributed by atoms with Crippen LogP contribution in [0.5, 0.6) is 0 Å².